The Morgan fingerprint density at radius 1 is 0.136 bits per heavy atom. The number of nitrogens with one attached hydrogen (secondary N) is 6. The summed E-state index contributed by atoms with van der Waals surface area (Å²) >= 11 is 55.6. The molecule has 0 saturated heterocycles. The second kappa shape index (κ2) is 38.0. The molecule has 140 heavy (non-hydrogen) atoms. The van der Waals surface area contributed by atoms with Crippen molar-refractivity contribution in [3.8, 4) is 111 Å². The van der Waals surface area contributed by atoms with E-state index >= 15 is 0 Å². The highest BCUT2D eigenvalue weighted by atomic mass is 35.5. The molecule has 670 valence electrons. The Hall–Kier alpha value is -15.7. The summed E-state index contributed by atoms with van der Waals surface area (Å²) in [4.78, 5) is 53.2. The van der Waals surface area contributed by atoms with Gasteiger partial charge in [-0.05, 0) is 240 Å². The van der Waals surface area contributed by atoms with Gasteiger partial charge in [0.1, 0.15) is 0 Å². The molecule has 0 unspecified atom stereocenters. The van der Waals surface area contributed by atoms with Crippen molar-refractivity contribution in [3.05, 3.63) is 448 Å². The second-order valence-electron chi connectivity index (χ2n) is 33.8. The van der Waals surface area contributed by atoms with E-state index in [9.17, 15) is 0 Å². The quantitative estimate of drug-likeness (QED) is 0.0795. The summed E-state index contributed by atoms with van der Waals surface area (Å²) in [7, 11) is 0. The first-order valence-corrected chi connectivity index (χ1v) is 48.2. The van der Waals surface area contributed by atoms with Gasteiger partial charge in [-0.2, -0.15) is 0 Å². The summed E-state index contributed by atoms with van der Waals surface area (Å²) in [6, 6.07) is 113. The molecule has 0 fully saturated rings. The summed E-state index contributed by atoms with van der Waals surface area (Å²) in [5, 5.41) is 3.53. The monoisotopic (exact) mass is 1960 g/mol. The Bertz CT molecular complexity index is 8060. The van der Waals surface area contributed by atoms with Crippen LogP contribution in [0.15, 0.2) is 340 Å². The first-order chi connectivity index (χ1) is 68.7. The first kappa shape index (κ1) is 88.3. The largest absolute Gasteiger partial charge is 0.355 e. The van der Waals surface area contributed by atoms with E-state index in [1.807, 2.05) is 91.0 Å². The lowest BCUT2D eigenvalue weighted by Gasteiger charge is -2.11. The van der Waals surface area contributed by atoms with E-state index in [0.29, 0.717) is 130 Å². The zero-order valence-electron chi connectivity index (χ0n) is 74.0. The first-order valence-electron chi connectivity index (χ1n) is 45.2. The van der Waals surface area contributed by atoms with Crippen molar-refractivity contribution in [3.63, 3.8) is 0 Å². The molecule has 6 N–H and O–H groups in total. The van der Waals surface area contributed by atoms with Gasteiger partial charge in [-0.3, -0.25) is 0 Å². The maximum absolute atomic E-state index is 6.95. The zero-order chi connectivity index (χ0) is 94.6. The molecule has 19 aromatic rings. The number of H-pyrrole nitrogens is 6. The Morgan fingerprint density at radius 3 is 0.521 bits per heavy atom. The van der Waals surface area contributed by atoms with E-state index in [1.54, 1.807) is 72.8 Å². The SMILES string of the molecule is C1=Cc2nc1c(-c1ccccc1)c1ccc([nH]1)c(-c1ccccc1)c1nc(c(-c3ccccc3)c3ccc([nH]3)c2-c2ccccc2)C=C1.C1=Cc2nc1cc1nc(c(-c3ccccc3)c3ccc(cc4ccc([nH]4)c2-c2ccccc2)[nH]3)C=C1.Clc1cccc(Cl)c1-c1c2nc(c(-c3c(Cl)cccc3Cl)c3ccc([nH]3)c(-c3c(Cl)cccc3Cl)c3nc(c(-c4c(Cl)cccc4Cl)c4ccc1[nH]4)C=C3)C=C2. The third kappa shape index (κ3) is 17.1. The normalized spacial score (nSPS) is 12.1. The van der Waals surface area contributed by atoms with Crippen molar-refractivity contribution in [1.29, 1.82) is 0 Å². The van der Waals surface area contributed by atoms with E-state index < -0.39 is 0 Å². The molecule has 6 aliphatic rings. The van der Waals surface area contributed by atoms with Gasteiger partial charge >= 0.3 is 0 Å². The molecule has 0 spiro atoms. The van der Waals surface area contributed by atoms with E-state index in [2.05, 4.69) is 279 Å². The van der Waals surface area contributed by atoms with Gasteiger partial charge in [-0.1, -0.05) is 299 Å². The van der Waals surface area contributed by atoms with Crippen molar-refractivity contribution in [2.45, 2.75) is 0 Å². The van der Waals surface area contributed by atoms with Crippen LogP contribution in [0.2, 0.25) is 40.2 Å². The van der Waals surface area contributed by atoms with Gasteiger partial charge in [0.2, 0.25) is 0 Å². The van der Waals surface area contributed by atoms with Gasteiger partial charge in [0, 0.05) is 144 Å². The Kier molecular flexibility index (Phi) is 24.0. The van der Waals surface area contributed by atoms with Gasteiger partial charge in [-0.15, -0.1) is 0 Å². The number of aromatic nitrogens is 12. The van der Waals surface area contributed by atoms with Crippen LogP contribution in [0.5, 0.6) is 0 Å². The minimum Gasteiger partial charge on any atom is -0.355 e. The van der Waals surface area contributed by atoms with Gasteiger partial charge in [0.05, 0.1) is 109 Å². The fourth-order valence-corrected chi connectivity index (χ4v) is 21.3. The number of benzene rings is 10. The van der Waals surface area contributed by atoms with Gasteiger partial charge < -0.3 is 29.9 Å². The standard InChI is InChI=1S/C44H22Cl8N4.C44H30N4.C32H22N4/c45-21-5-1-6-22(46)37(21)41-29-13-15-31(53-29)42(38-23(47)7-2-8-24(38)48)33-17-19-35(55-33)44(40-27(51)11-4-12-28(40)52)36-20-18-34(56-36)43(32-16-14-30(41)54-32)39-25(49)9-3-10-26(39)50;1-5-13-29(14-6-1)41-33-21-23-35(45-33)42(30-15-7-2-8-16-30)37-25-27-39(47-37)44(32-19-11-4-12-20-32)40-28-26-38(48-40)43(31-17-9-3-10-18-31)36-24-22-34(41)46-36;1-3-7-21(8-4-1)31-27-15-11-23(33-27)19-25-13-17-29(35-25)32(22-9-5-2-6-10-22)30-18-14-26(36-30)20-24-12-16-28(31)34-24/h1-20,53,56H;1-28,45,48H;1-20,33,35H. The molecule has 12 nitrogen and oxygen atoms in total. The van der Waals surface area contributed by atoms with Crippen LogP contribution < -0.4 is 0 Å². The highest BCUT2D eigenvalue weighted by molar-refractivity contribution is 6.42. The topological polar surface area (TPSA) is 172 Å². The van der Waals surface area contributed by atoms with Gasteiger partial charge in [0.25, 0.3) is 0 Å². The van der Waals surface area contributed by atoms with Gasteiger partial charge in [0.15, 0.2) is 0 Å². The molecule has 0 radical (unpaired) electrons. The lowest BCUT2D eigenvalue weighted by molar-refractivity contribution is 1.28. The lowest BCUT2D eigenvalue weighted by atomic mass is 10.0. The zero-order valence-corrected chi connectivity index (χ0v) is 80.0. The number of halogens is 8. The molecular formula is C120H74Cl8N12. The van der Waals surface area contributed by atoms with Crippen LogP contribution in [0.4, 0.5) is 0 Å². The highest BCUT2D eigenvalue weighted by Gasteiger charge is 2.28. The molecule has 6 aliphatic heterocycles. The Morgan fingerprint density at radius 2 is 0.307 bits per heavy atom. The maximum Gasteiger partial charge on any atom is 0.0738 e. The number of aromatic amines is 6. The van der Waals surface area contributed by atoms with Crippen LogP contribution in [0.25, 0.3) is 250 Å². The molecule has 0 amide bonds. The predicted molar refractivity (Wildman–Crippen MR) is 591 cm³/mol. The number of nitrogens with zero attached hydrogens (tertiary/aromatic N) is 6. The Labute approximate surface area is 844 Å². The maximum atomic E-state index is 6.95. The van der Waals surface area contributed by atoms with Crippen LogP contribution in [0.1, 0.15) is 68.3 Å². The van der Waals surface area contributed by atoms with Crippen molar-refractivity contribution in [1.82, 2.24) is 59.8 Å². The van der Waals surface area contributed by atoms with Crippen LogP contribution in [0, 0.1) is 0 Å². The number of hydrogen-bond donors (Lipinski definition) is 6. The minimum atomic E-state index is 0.442. The van der Waals surface area contributed by atoms with Crippen LogP contribution in [-0.4, -0.2) is 59.8 Å². The number of rotatable bonds is 10. The van der Waals surface area contributed by atoms with Crippen LogP contribution in [0.3, 0.4) is 0 Å². The lowest BCUT2D eigenvalue weighted by Crippen LogP contribution is -1.92. The predicted octanol–water partition coefficient (Wildman–Crippen LogP) is 35.9. The number of hydrogen-bond acceptors (Lipinski definition) is 6. The molecule has 9 aromatic heterocycles. The van der Waals surface area contributed by atoms with Crippen LogP contribution in [-0.2, 0) is 0 Å². The number of fused-ring (bicyclic) bond motifs is 24. The van der Waals surface area contributed by atoms with Crippen molar-refractivity contribution in [2.75, 3.05) is 0 Å². The molecule has 0 aliphatic carbocycles. The Balaban J connectivity index is 0.000000120. The van der Waals surface area contributed by atoms with Crippen molar-refractivity contribution >= 4 is 232 Å². The summed E-state index contributed by atoms with van der Waals surface area (Å²) in [5.74, 6) is 0. The summed E-state index contributed by atoms with van der Waals surface area (Å²) in [5.41, 5.74) is 38.3. The summed E-state index contributed by atoms with van der Waals surface area (Å²) in [6.07, 6.45) is 24.5. The molecule has 0 saturated carbocycles. The molecule has 24 bridgehead atoms. The molecule has 15 heterocycles. The minimum absolute atomic E-state index is 0.442. The van der Waals surface area contributed by atoms with E-state index in [-0.39, 0.29) is 0 Å². The van der Waals surface area contributed by atoms with E-state index in [0.717, 1.165) is 156 Å². The van der Waals surface area contributed by atoms with Crippen molar-refractivity contribution in [2.24, 2.45) is 0 Å². The van der Waals surface area contributed by atoms with Gasteiger partial charge in [-0.25, -0.2) is 29.9 Å². The summed E-state index contributed by atoms with van der Waals surface area (Å²) in [6.45, 7) is 0. The third-order valence-corrected chi connectivity index (χ3v) is 27.7. The molecule has 10 aromatic carbocycles. The molecule has 20 heteroatoms. The summed E-state index contributed by atoms with van der Waals surface area (Å²) < 4.78 is 0. The van der Waals surface area contributed by atoms with Crippen LogP contribution >= 0.6 is 92.8 Å². The molecular weight excluding hydrogens is 1890 g/mol. The molecule has 0 atom stereocenters. The van der Waals surface area contributed by atoms with E-state index in [4.69, 9.17) is 123 Å². The second-order valence-corrected chi connectivity index (χ2v) is 37.0. The average molecular weight is 1970 g/mol. The smallest absolute Gasteiger partial charge is 0.0738 e. The molecule has 25 rings (SSSR count). The third-order valence-electron chi connectivity index (χ3n) is 25.1. The van der Waals surface area contributed by atoms with E-state index in [1.165, 1.54) is 0 Å². The highest BCUT2D eigenvalue weighted by Crippen LogP contribution is 2.49. The van der Waals surface area contributed by atoms with Crippen molar-refractivity contribution < 1.29 is 0 Å². The fraction of sp³-hybridized carbons (Fsp3) is 0. The average Bonchev–Trinajstić information content (AvgIpc) is 1.60. The fourth-order valence-electron chi connectivity index (χ4n) is 18.9.